The molecule has 0 heterocycles. The standard InChI is InChI=1S/C23H28FN3O2/c1-15-5-4-6-16(2)22(15)26-21(28)13-25-23(29)17(3)27(20-11-12-20)14-18-7-9-19(24)10-8-18/h4-10,17,20H,11-14H2,1-3H3,(H,25,29)(H,26,28)/p+1/t17-/m0/s1. The number of hydrogen-bond donors (Lipinski definition) is 3. The number of rotatable bonds is 8. The summed E-state index contributed by atoms with van der Waals surface area (Å²) in [6, 6.07) is 12.4. The predicted molar refractivity (Wildman–Crippen MR) is 111 cm³/mol. The van der Waals surface area contributed by atoms with Crippen LogP contribution < -0.4 is 15.5 Å². The topological polar surface area (TPSA) is 62.6 Å². The van der Waals surface area contributed by atoms with Crippen molar-refractivity contribution in [1.82, 2.24) is 5.32 Å². The monoisotopic (exact) mass is 398 g/mol. The highest BCUT2D eigenvalue weighted by molar-refractivity contribution is 5.96. The fourth-order valence-electron chi connectivity index (χ4n) is 3.63. The molecule has 0 spiro atoms. The second-order valence-electron chi connectivity index (χ2n) is 7.91. The van der Waals surface area contributed by atoms with Gasteiger partial charge in [0.1, 0.15) is 12.4 Å². The van der Waals surface area contributed by atoms with Crippen LogP contribution in [-0.2, 0) is 16.1 Å². The van der Waals surface area contributed by atoms with Crippen molar-refractivity contribution >= 4 is 17.5 Å². The number of nitrogens with one attached hydrogen (secondary N) is 3. The quantitative estimate of drug-likeness (QED) is 0.638. The Labute approximate surface area is 171 Å². The van der Waals surface area contributed by atoms with E-state index < -0.39 is 0 Å². The van der Waals surface area contributed by atoms with Gasteiger partial charge in [-0.25, -0.2) is 4.39 Å². The van der Waals surface area contributed by atoms with E-state index in [1.165, 1.54) is 12.1 Å². The van der Waals surface area contributed by atoms with Crippen LogP contribution in [0, 0.1) is 19.7 Å². The van der Waals surface area contributed by atoms with Crippen molar-refractivity contribution in [1.29, 1.82) is 0 Å². The van der Waals surface area contributed by atoms with Gasteiger partial charge in [0.05, 0.1) is 12.6 Å². The molecule has 1 fully saturated rings. The molecule has 29 heavy (non-hydrogen) atoms. The molecular formula is C23H29FN3O2+. The van der Waals surface area contributed by atoms with E-state index in [2.05, 4.69) is 10.6 Å². The number of carbonyl (C=O) groups is 2. The Hall–Kier alpha value is -2.73. The van der Waals surface area contributed by atoms with Crippen LogP contribution in [0.15, 0.2) is 42.5 Å². The molecule has 1 saturated carbocycles. The number of carbonyl (C=O) groups excluding carboxylic acids is 2. The van der Waals surface area contributed by atoms with Gasteiger partial charge in [-0.05, 0) is 44.0 Å². The summed E-state index contributed by atoms with van der Waals surface area (Å²) in [6.07, 6.45) is 2.17. The van der Waals surface area contributed by atoms with Crippen LogP contribution in [0.2, 0.25) is 0 Å². The van der Waals surface area contributed by atoms with Crippen LogP contribution in [0.1, 0.15) is 36.5 Å². The van der Waals surface area contributed by atoms with Crippen molar-refractivity contribution in [2.45, 2.75) is 52.2 Å². The molecule has 0 saturated heterocycles. The van der Waals surface area contributed by atoms with Crippen molar-refractivity contribution in [3.8, 4) is 0 Å². The van der Waals surface area contributed by atoms with Crippen molar-refractivity contribution in [3.63, 3.8) is 0 Å². The number of anilines is 1. The van der Waals surface area contributed by atoms with E-state index in [0.717, 1.165) is 40.1 Å². The van der Waals surface area contributed by atoms with Gasteiger partial charge in [-0.15, -0.1) is 0 Å². The second kappa shape index (κ2) is 9.18. The lowest BCUT2D eigenvalue weighted by atomic mass is 10.1. The molecule has 6 heteroatoms. The third kappa shape index (κ3) is 5.64. The average Bonchev–Trinajstić information content (AvgIpc) is 3.53. The van der Waals surface area contributed by atoms with E-state index in [1.807, 2.05) is 39.0 Å². The number of benzene rings is 2. The number of para-hydroxylation sites is 1. The smallest absolute Gasteiger partial charge is 0.278 e. The molecule has 5 nitrogen and oxygen atoms in total. The molecule has 0 aromatic heterocycles. The molecule has 2 aromatic rings. The van der Waals surface area contributed by atoms with E-state index in [9.17, 15) is 14.0 Å². The molecule has 2 atom stereocenters. The summed E-state index contributed by atoms with van der Waals surface area (Å²) < 4.78 is 13.2. The normalized spacial score (nSPS) is 15.4. The van der Waals surface area contributed by atoms with Crippen LogP contribution in [0.3, 0.4) is 0 Å². The minimum atomic E-state index is -0.291. The van der Waals surface area contributed by atoms with Crippen molar-refractivity contribution in [2.24, 2.45) is 0 Å². The first-order valence-electron chi connectivity index (χ1n) is 10.1. The first kappa shape index (κ1) is 21.0. The van der Waals surface area contributed by atoms with Crippen LogP contribution in [0.5, 0.6) is 0 Å². The van der Waals surface area contributed by atoms with Crippen LogP contribution in [0.4, 0.5) is 10.1 Å². The van der Waals surface area contributed by atoms with Gasteiger partial charge in [0.25, 0.3) is 5.91 Å². The van der Waals surface area contributed by atoms with Crippen molar-refractivity contribution in [3.05, 3.63) is 65.0 Å². The SMILES string of the molecule is Cc1cccc(C)c1NC(=O)CNC(=O)[C@H](C)[NH+](Cc1ccc(F)cc1)C1CC1. The number of amides is 2. The molecule has 1 unspecified atom stereocenters. The summed E-state index contributed by atoms with van der Waals surface area (Å²) in [6.45, 7) is 6.36. The first-order valence-corrected chi connectivity index (χ1v) is 10.1. The Kier molecular flexibility index (Phi) is 6.64. The Balaban J connectivity index is 1.55. The van der Waals surface area contributed by atoms with Gasteiger partial charge < -0.3 is 15.5 Å². The van der Waals surface area contributed by atoms with Gasteiger partial charge >= 0.3 is 0 Å². The zero-order valence-electron chi connectivity index (χ0n) is 17.2. The molecule has 0 radical (unpaired) electrons. The summed E-state index contributed by atoms with van der Waals surface area (Å²) in [7, 11) is 0. The molecule has 2 aromatic carbocycles. The summed E-state index contributed by atoms with van der Waals surface area (Å²) in [4.78, 5) is 26.2. The fourth-order valence-corrected chi connectivity index (χ4v) is 3.63. The maximum Gasteiger partial charge on any atom is 0.278 e. The van der Waals surface area contributed by atoms with E-state index in [4.69, 9.17) is 0 Å². The van der Waals surface area contributed by atoms with Gasteiger partial charge in [-0.2, -0.15) is 0 Å². The largest absolute Gasteiger partial charge is 0.342 e. The molecule has 1 aliphatic carbocycles. The Bertz CT molecular complexity index is 858. The zero-order chi connectivity index (χ0) is 21.0. The molecule has 0 aliphatic heterocycles. The first-order chi connectivity index (χ1) is 13.8. The summed E-state index contributed by atoms with van der Waals surface area (Å²) in [5.41, 5.74) is 3.77. The molecule has 154 valence electrons. The molecule has 3 rings (SSSR count). The highest BCUT2D eigenvalue weighted by Crippen LogP contribution is 2.19. The van der Waals surface area contributed by atoms with E-state index in [-0.39, 0.29) is 30.2 Å². The van der Waals surface area contributed by atoms with Crippen LogP contribution in [0.25, 0.3) is 0 Å². The Morgan fingerprint density at radius 1 is 1.10 bits per heavy atom. The number of quaternary nitrogens is 1. The lowest BCUT2D eigenvalue weighted by molar-refractivity contribution is -0.938. The summed E-state index contributed by atoms with van der Waals surface area (Å²) >= 11 is 0. The van der Waals surface area contributed by atoms with Gasteiger partial charge in [-0.1, -0.05) is 30.3 Å². The second-order valence-corrected chi connectivity index (χ2v) is 7.91. The van der Waals surface area contributed by atoms with Gasteiger partial charge in [0.2, 0.25) is 5.91 Å². The van der Waals surface area contributed by atoms with E-state index >= 15 is 0 Å². The lowest BCUT2D eigenvalue weighted by Crippen LogP contribution is -3.16. The van der Waals surface area contributed by atoms with E-state index in [0.29, 0.717) is 12.6 Å². The molecule has 1 aliphatic rings. The van der Waals surface area contributed by atoms with E-state index in [1.54, 1.807) is 12.1 Å². The molecule has 2 amide bonds. The third-order valence-electron chi connectivity index (χ3n) is 5.54. The van der Waals surface area contributed by atoms with Crippen LogP contribution in [-0.4, -0.2) is 30.4 Å². The molecule has 3 N–H and O–H groups in total. The highest BCUT2D eigenvalue weighted by atomic mass is 19.1. The molecular weight excluding hydrogens is 369 g/mol. The van der Waals surface area contributed by atoms with Crippen molar-refractivity contribution < 1.29 is 18.9 Å². The number of halogens is 1. The summed E-state index contributed by atoms with van der Waals surface area (Å²) in [5.74, 6) is -0.650. The van der Waals surface area contributed by atoms with Crippen LogP contribution >= 0.6 is 0 Å². The Morgan fingerprint density at radius 3 is 2.31 bits per heavy atom. The summed E-state index contributed by atoms with van der Waals surface area (Å²) in [5, 5.41) is 5.65. The highest BCUT2D eigenvalue weighted by Gasteiger charge is 2.39. The maximum absolute atomic E-state index is 13.2. The number of hydrogen-bond acceptors (Lipinski definition) is 2. The van der Waals surface area contributed by atoms with Gasteiger partial charge in [0.15, 0.2) is 6.04 Å². The molecule has 0 bridgehead atoms. The minimum Gasteiger partial charge on any atom is -0.342 e. The lowest BCUT2D eigenvalue weighted by Gasteiger charge is -2.25. The third-order valence-corrected chi connectivity index (χ3v) is 5.54. The average molecular weight is 399 g/mol. The van der Waals surface area contributed by atoms with Gasteiger partial charge in [0, 0.05) is 24.1 Å². The maximum atomic E-state index is 13.2. The number of aryl methyl sites for hydroxylation is 2. The Morgan fingerprint density at radius 2 is 1.72 bits per heavy atom. The van der Waals surface area contributed by atoms with Gasteiger partial charge in [-0.3, -0.25) is 9.59 Å². The van der Waals surface area contributed by atoms with Crippen molar-refractivity contribution in [2.75, 3.05) is 11.9 Å². The predicted octanol–water partition coefficient (Wildman–Crippen LogP) is 2.13. The minimum absolute atomic E-state index is 0.0640. The zero-order valence-corrected chi connectivity index (χ0v) is 17.2. The fraction of sp³-hybridized carbons (Fsp3) is 0.391.